The number of thioether (sulfide) groups is 1. The first-order valence-electron chi connectivity index (χ1n) is 8.35. The highest BCUT2D eigenvalue weighted by molar-refractivity contribution is 8.18. The van der Waals surface area contributed by atoms with Crippen molar-refractivity contribution in [2.45, 2.75) is 26.1 Å². The number of imide groups is 1. The zero-order chi connectivity index (χ0) is 18.0. The van der Waals surface area contributed by atoms with Crippen LogP contribution in [-0.2, 0) is 9.53 Å². The van der Waals surface area contributed by atoms with Crippen LogP contribution >= 0.6 is 11.8 Å². The molecule has 2 atom stereocenters. The van der Waals surface area contributed by atoms with Crippen molar-refractivity contribution >= 4 is 29.0 Å². The summed E-state index contributed by atoms with van der Waals surface area (Å²) in [6, 6.07) is 7.44. The molecule has 1 aromatic rings. The molecule has 0 aromatic heterocycles. The van der Waals surface area contributed by atoms with Crippen LogP contribution in [0.25, 0.3) is 6.08 Å². The van der Waals surface area contributed by atoms with Crippen molar-refractivity contribution in [3.8, 4) is 5.75 Å². The van der Waals surface area contributed by atoms with Crippen molar-refractivity contribution in [2.24, 2.45) is 0 Å². The lowest BCUT2D eigenvalue weighted by Gasteiger charge is -2.33. The number of rotatable bonds is 4. The summed E-state index contributed by atoms with van der Waals surface area (Å²) in [5, 5.41) is -0.217. The quantitative estimate of drug-likeness (QED) is 0.819. The molecule has 6 nitrogen and oxygen atoms in total. The summed E-state index contributed by atoms with van der Waals surface area (Å²) in [5.41, 5.74) is 0.788. The van der Waals surface area contributed by atoms with Crippen LogP contribution in [0.1, 0.15) is 19.4 Å². The minimum Gasteiger partial charge on any atom is -0.496 e. The topological polar surface area (TPSA) is 60.3 Å². The lowest BCUT2D eigenvalue weighted by atomic mass is 10.2. The van der Waals surface area contributed by atoms with Crippen molar-refractivity contribution in [2.75, 3.05) is 26.9 Å². The fourth-order valence-corrected chi connectivity index (χ4v) is 4.13. The van der Waals surface area contributed by atoms with E-state index in [0.29, 0.717) is 17.3 Å². The largest absolute Gasteiger partial charge is 0.496 e. The molecule has 1 aromatic carbocycles. The summed E-state index contributed by atoms with van der Waals surface area (Å²) < 4.78 is 11.0. The molecule has 2 aliphatic heterocycles. The molecule has 2 aliphatic rings. The number of hydrogen-bond donors (Lipinski definition) is 1. The van der Waals surface area contributed by atoms with E-state index in [4.69, 9.17) is 9.47 Å². The van der Waals surface area contributed by atoms with E-state index in [1.54, 1.807) is 13.2 Å². The normalized spacial score (nSPS) is 28.7. The molecule has 25 heavy (non-hydrogen) atoms. The van der Waals surface area contributed by atoms with E-state index >= 15 is 0 Å². The summed E-state index contributed by atoms with van der Waals surface area (Å²) in [6.45, 7) is 6.00. The summed E-state index contributed by atoms with van der Waals surface area (Å²) >= 11 is 0.984. The van der Waals surface area contributed by atoms with Crippen LogP contribution in [0.4, 0.5) is 4.79 Å². The average molecular weight is 363 g/mol. The zero-order valence-electron chi connectivity index (χ0n) is 14.7. The van der Waals surface area contributed by atoms with Gasteiger partial charge in [0, 0.05) is 5.56 Å². The fourth-order valence-electron chi connectivity index (χ4n) is 3.31. The van der Waals surface area contributed by atoms with E-state index in [1.165, 1.54) is 9.80 Å². The van der Waals surface area contributed by atoms with Gasteiger partial charge in [-0.1, -0.05) is 18.2 Å². The van der Waals surface area contributed by atoms with E-state index in [0.717, 1.165) is 30.4 Å². The zero-order valence-corrected chi connectivity index (χ0v) is 15.5. The molecule has 2 amide bonds. The number of hydrogen-bond acceptors (Lipinski definition) is 5. The number of benzene rings is 1. The Kier molecular flexibility index (Phi) is 5.46. The van der Waals surface area contributed by atoms with Gasteiger partial charge in [-0.05, 0) is 37.8 Å². The Morgan fingerprint density at radius 3 is 2.64 bits per heavy atom. The SMILES string of the molecule is COc1ccccc1/C=C1/SC(=O)N(C[NH+]2C[C@@H](C)O[C@H](C)C2)C1=O. The van der Waals surface area contributed by atoms with Gasteiger partial charge in [-0.25, -0.2) is 4.90 Å². The van der Waals surface area contributed by atoms with Gasteiger partial charge < -0.3 is 14.4 Å². The van der Waals surface area contributed by atoms with Gasteiger partial charge in [-0.3, -0.25) is 9.59 Å². The Balaban J connectivity index is 1.75. The number of carbonyl (C=O) groups is 2. The third-order valence-electron chi connectivity index (χ3n) is 4.30. The Morgan fingerprint density at radius 2 is 1.96 bits per heavy atom. The monoisotopic (exact) mass is 363 g/mol. The van der Waals surface area contributed by atoms with Crippen LogP contribution < -0.4 is 9.64 Å². The van der Waals surface area contributed by atoms with E-state index in [2.05, 4.69) is 0 Å². The fraction of sp³-hybridized carbons (Fsp3) is 0.444. The van der Waals surface area contributed by atoms with Gasteiger partial charge in [-0.15, -0.1) is 0 Å². The van der Waals surface area contributed by atoms with E-state index in [1.807, 2.05) is 38.1 Å². The van der Waals surface area contributed by atoms with Gasteiger partial charge in [0.25, 0.3) is 11.1 Å². The highest BCUT2D eigenvalue weighted by Crippen LogP contribution is 2.33. The van der Waals surface area contributed by atoms with Gasteiger partial charge in [0.05, 0.1) is 12.0 Å². The van der Waals surface area contributed by atoms with Crippen molar-refractivity contribution in [1.82, 2.24) is 4.90 Å². The van der Waals surface area contributed by atoms with Gasteiger partial charge in [0.15, 0.2) is 6.67 Å². The van der Waals surface area contributed by atoms with Gasteiger partial charge in [-0.2, -0.15) is 0 Å². The number of ether oxygens (including phenoxy) is 2. The first kappa shape index (κ1) is 18.0. The van der Waals surface area contributed by atoms with Crippen LogP contribution in [-0.4, -0.2) is 55.1 Å². The predicted octanol–water partition coefficient (Wildman–Crippen LogP) is 1.38. The highest BCUT2D eigenvalue weighted by Gasteiger charge is 2.39. The minimum absolute atomic E-state index is 0.128. The molecule has 3 rings (SSSR count). The maximum atomic E-state index is 12.7. The maximum absolute atomic E-state index is 12.7. The molecule has 0 unspecified atom stereocenters. The number of morpholine rings is 1. The minimum atomic E-state index is -0.236. The Labute approximate surface area is 151 Å². The van der Waals surface area contributed by atoms with Crippen molar-refractivity contribution in [3.63, 3.8) is 0 Å². The Bertz CT molecular complexity index is 696. The molecule has 0 saturated carbocycles. The second-order valence-electron chi connectivity index (χ2n) is 6.43. The van der Waals surface area contributed by atoms with E-state index < -0.39 is 0 Å². The third kappa shape index (κ3) is 4.05. The smallest absolute Gasteiger partial charge is 0.298 e. The Hall–Kier alpha value is -1.83. The van der Waals surface area contributed by atoms with Gasteiger partial charge in [0.2, 0.25) is 0 Å². The molecule has 2 heterocycles. The first-order chi connectivity index (χ1) is 12.0. The summed E-state index contributed by atoms with van der Waals surface area (Å²) in [6.07, 6.45) is 1.98. The maximum Gasteiger partial charge on any atom is 0.298 e. The van der Waals surface area contributed by atoms with E-state index in [9.17, 15) is 9.59 Å². The second kappa shape index (κ2) is 7.59. The van der Waals surface area contributed by atoms with Crippen molar-refractivity contribution in [1.29, 1.82) is 0 Å². The number of nitrogens with zero attached hydrogens (tertiary/aromatic N) is 1. The van der Waals surface area contributed by atoms with Crippen molar-refractivity contribution < 1.29 is 24.0 Å². The molecular formula is C18H23N2O4S+. The van der Waals surface area contributed by atoms with Gasteiger partial charge >= 0.3 is 0 Å². The first-order valence-corrected chi connectivity index (χ1v) is 9.17. The average Bonchev–Trinajstić information content (AvgIpc) is 2.82. The lowest BCUT2D eigenvalue weighted by Crippen LogP contribution is -3.16. The van der Waals surface area contributed by atoms with Crippen molar-refractivity contribution in [3.05, 3.63) is 34.7 Å². The number of para-hydroxylation sites is 1. The van der Waals surface area contributed by atoms with Crippen LogP contribution in [0.5, 0.6) is 5.75 Å². The molecule has 134 valence electrons. The van der Waals surface area contributed by atoms with Crippen LogP contribution in [0.15, 0.2) is 29.2 Å². The second-order valence-corrected chi connectivity index (χ2v) is 7.42. The summed E-state index contributed by atoms with van der Waals surface area (Å²) in [5.74, 6) is 0.441. The lowest BCUT2D eigenvalue weighted by molar-refractivity contribution is -0.921. The molecular weight excluding hydrogens is 340 g/mol. The highest BCUT2D eigenvalue weighted by atomic mass is 32.2. The number of nitrogens with one attached hydrogen (secondary N) is 1. The van der Waals surface area contributed by atoms with E-state index in [-0.39, 0.29) is 23.4 Å². The molecule has 0 bridgehead atoms. The number of quaternary nitrogens is 1. The number of methoxy groups -OCH3 is 1. The number of amides is 2. The summed E-state index contributed by atoms with van der Waals surface area (Å²) in [7, 11) is 1.59. The molecule has 0 spiro atoms. The number of carbonyl (C=O) groups excluding carboxylic acids is 2. The van der Waals surface area contributed by atoms with Crippen LogP contribution in [0.2, 0.25) is 0 Å². The molecule has 2 saturated heterocycles. The standard InChI is InChI=1S/C18H22N2O4S/c1-12-9-19(10-13(2)24-12)11-20-17(21)16(25-18(20)22)8-14-6-4-5-7-15(14)23-3/h4-8,12-13H,9-11H2,1-3H3/p+1/b16-8+/t12-,13-/m1/s1. The predicted molar refractivity (Wildman–Crippen MR) is 96.4 cm³/mol. The molecule has 0 radical (unpaired) electrons. The molecule has 1 N–H and O–H groups in total. The van der Waals surface area contributed by atoms with Gasteiger partial charge in [0.1, 0.15) is 31.0 Å². The molecule has 2 fully saturated rings. The van der Waals surface area contributed by atoms with Crippen LogP contribution in [0.3, 0.4) is 0 Å². The molecule has 7 heteroatoms. The third-order valence-corrected chi connectivity index (χ3v) is 5.21. The molecule has 0 aliphatic carbocycles. The Morgan fingerprint density at radius 1 is 1.28 bits per heavy atom. The van der Waals surface area contributed by atoms with Crippen LogP contribution in [0, 0.1) is 0 Å². The summed E-state index contributed by atoms with van der Waals surface area (Å²) in [4.78, 5) is 28.0.